The van der Waals surface area contributed by atoms with Gasteiger partial charge < -0.3 is 24.8 Å². The third-order valence-corrected chi connectivity index (χ3v) is 3.42. The fourth-order valence-corrected chi connectivity index (χ4v) is 2.33. The van der Waals surface area contributed by atoms with E-state index < -0.39 is 11.9 Å². The molecule has 108 valence electrons. The van der Waals surface area contributed by atoms with Gasteiger partial charge in [-0.15, -0.1) is 0 Å². The van der Waals surface area contributed by atoms with Crippen LogP contribution in [0, 0.1) is 5.92 Å². The molecule has 2 saturated heterocycles. The van der Waals surface area contributed by atoms with E-state index in [-0.39, 0.29) is 18.7 Å². The first-order chi connectivity index (χ1) is 9.16. The van der Waals surface area contributed by atoms with Gasteiger partial charge in [0.1, 0.15) is 0 Å². The van der Waals surface area contributed by atoms with E-state index in [2.05, 4.69) is 5.32 Å². The van der Waals surface area contributed by atoms with Gasteiger partial charge in [0.15, 0.2) is 0 Å². The van der Waals surface area contributed by atoms with E-state index in [9.17, 15) is 9.59 Å². The van der Waals surface area contributed by atoms with Crippen molar-refractivity contribution in [2.45, 2.75) is 18.9 Å². The molecule has 0 aromatic heterocycles. The van der Waals surface area contributed by atoms with Crippen molar-refractivity contribution in [3.63, 3.8) is 0 Å². The molecule has 2 amide bonds. The lowest BCUT2D eigenvalue weighted by Crippen LogP contribution is -2.49. The number of amides is 2. The molecule has 2 N–H and O–H groups in total. The van der Waals surface area contributed by atoms with E-state index in [1.165, 1.54) is 0 Å². The minimum Gasteiger partial charge on any atom is -0.481 e. The van der Waals surface area contributed by atoms with Gasteiger partial charge in [-0.25, -0.2) is 4.79 Å². The third-order valence-electron chi connectivity index (χ3n) is 3.42. The van der Waals surface area contributed by atoms with Crippen LogP contribution in [0.1, 0.15) is 12.8 Å². The lowest BCUT2D eigenvalue weighted by molar-refractivity contribution is -0.143. The molecular weight excluding hydrogens is 252 g/mol. The smallest absolute Gasteiger partial charge is 0.317 e. The molecule has 2 atom stereocenters. The molecule has 0 aliphatic carbocycles. The normalized spacial score (nSPS) is 27.9. The lowest BCUT2D eigenvalue weighted by Gasteiger charge is -2.31. The fraction of sp³-hybridized carbons (Fsp3) is 0.833. The van der Waals surface area contributed by atoms with Crippen LogP contribution in [0.3, 0.4) is 0 Å². The van der Waals surface area contributed by atoms with Crippen LogP contribution in [0.4, 0.5) is 4.79 Å². The molecule has 2 rings (SSSR count). The number of urea groups is 1. The zero-order valence-electron chi connectivity index (χ0n) is 10.8. The Morgan fingerprint density at radius 1 is 1.37 bits per heavy atom. The number of piperidine rings is 1. The Hall–Kier alpha value is -1.34. The largest absolute Gasteiger partial charge is 0.481 e. The van der Waals surface area contributed by atoms with Crippen LogP contribution < -0.4 is 5.32 Å². The Balaban J connectivity index is 1.74. The van der Waals surface area contributed by atoms with E-state index in [1.807, 2.05) is 0 Å². The quantitative estimate of drug-likeness (QED) is 0.749. The van der Waals surface area contributed by atoms with Crippen molar-refractivity contribution >= 4 is 12.0 Å². The zero-order chi connectivity index (χ0) is 13.7. The summed E-state index contributed by atoms with van der Waals surface area (Å²) in [5, 5.41) is 11.7. The van der Waals surface area contributed by atoms with Gasteiger partial charge in [0.05, 0.1) is 31.8 Å². The molecule has 0 aromatic rings. The molecule has 2 fully saturated rings. The number of nitrogens with one attached hydrogen (secondary N) is 1. The second-order valence-electron chi connectivity index (χ2n) is 4.88. The summed E-state index contributed by atoms with van der Waals surface area (Å²) in [7, 11) is 0. The Morgan fingerprint density at radius 3 is 2.89 bits per heavy atom. The van der Waals surface area contributed by atoms with Crippen molar-refractivity contribution in [2.75, 3.05) is 39.5 Å². The Labute approximate surface area is 111 Å². The highest BCUT2D eigenvalue weighted by atomic mass is 16.6. The molecule has 1 unspecified atom stereocenters. The third kappa shape index (κ3) is 4.07. The predicted molar refractivity (Wildman–Crippen MR) is 65.9 cm³/mol. The van der Waals surface area contributed by atoms with Gasteiger partial charge >= 0.3 is 12.0 Å². The van der Waals surface area contributed by atoms with Crippen molar-refractivity contribution in [1.82, 2.24) is 10.2 Å². The number of carboxylic acid groups (broad SMARTS) is 1. The summed E-state index contributed by atoms with van der Waals surface area (Å²) in [6.07, 6.45) is 1.25. The van der Waals surface area contributed by atoms with Gasteiger partial charge in [-0.05, 0) is 12.8 Å². The first-order valence-electron chi connectivity index (χ1n) is 6.61. The summed E-state index contributed by atoms with van der Waals surface area (Å²) in [6.45, 7) is 2.91. The standard InChI is InChI=1S/C12H20N2O5/c15-11(16)9-2-1-3-14(7-9)12(17)13-6-10-8-18-4-5-19-10/h9-10H,1-8H2,(H,13,17)(H,15,16)/t9-,10?/m0/s1. The molecule has 7 nitrogen and oxygen atoms in total. The molecular formula is C12H20N2O5. The highest BCUT2D eigenvalue weighted by Gasteiger charge is 2.28. The number of nitrogens with zero attached hydrogens (tertiary/aromatic N) is 1. The van der Waals surface area contributed by atoms with Crippen molar-refractivity contribution in [3.8, 4) is 0 Å². The van der Waals surface area contributed by atoms with Crippen LogP contribution in [-0.4, -0.2) is 67.6 Å². The predicted octanol–water partition coefficient (Wildman–Crippen LogP) is -0.0920. The topological polar surface area (TPSA) is 88.1 Å². The Kier molecular flexibility index (Phi) is 4.98. The fourth-order valence-electron chi connectivity index (χ4n) is 2.33. The molecule has 2 heterocycles. The van der Waals surface area contributed by atoms with Gasteiger partial charge in [0.25, 0.3) is 0 Å². The second kappa shape index (κ2) is 6.72. The van der Waals surface area contributed by atoms with Crippen molar-refractivity contribution in [3.05, 3.63) is 0 Å². The lowest BCUT2D eigenvalue weighted by atomic mass is 9.99. The number of carboxylic acids is 1. The maximum Gasteiger partial charge on any atom is 0.317 e. The van der Waals surface area contributed by atoms with E-state index >= 15 is 0 Å². The van der Waals surface area contributed by atoms with Crippen molar-refractivity contribution in [2.24, 2.45) is 5.92 Å². The number of carbonyl (C=O) groups excluding carboxylic acids is 1. The molecule has 7 heteroatoms. The average Bonchev–Trinajstić information content (AvgIpc) is 2.46. The monoisotopic (exact) mass is 272 g/mol. The Bertz CT molecular complexity index is 330. The molecule has 2 aliphatic rings. The van der Waals surface area contributed by atoms with Crippen LogP contribution in [-0.2, 0) is 14.3 Å². The SMILES string of the molecule is O=C(O)[C@H]1CCCN(C(=O)NCC2COCCO2)C1. The number of aliphatic carboxylic acids is 1. The van der Waals surface area contributed by atoms with Crippen LogP contribution in [0.5, 0.6) is 0 Å². The highest BCUT2D eigenvalue weighted by molar-refractivity contribution is 5.76. The highest BCUT2D eigenvalue weighted by Crippen LogP contribution is 2.16. The van der Waals surface area contributed by atoms with Crippen LogP contribution in [0.2, 0.25) is 0 Å². The maximum atomic E-state index is 11.9. The van der Waals surface area contributed by atoms with Gasteiger partial charge in [-0.1, -0.05) is 0 Å². The summed E-state index contributed by atoms with van der Waals surface area (Å²) in [5.41, 5.74) is 0. The summed E-state index contributed by atoms with van der Waals surface area (Å²) in [6, 6.07) is -0.222. The number of carbonyl (C=O) groups is 2. The minimum atomic E-state index is -0.832. The molecule has 2 aliphatic heterocycles. The molecule has 0 spiro atoms. The average molecular weight is 272 g/mol. The van der Waals surface area contributed by atoms with E-state index in [1.54, 1.807) is 4.90 Å². The first kappa shape index (κ1) is 14.1. The van der Waals surface area contributed by atoms with Crippen molar-refractivity contribution in [1.29, 1.82) is 0 Å². The molecule has 19 heavy (non-hydrogen) atoms. The molecule has 0 bridgehead atoms. The molecule has 0 saturated carbocycles. The van der Waals surface area contributed by atoms with Crippen LogP contribution in [0.25, 0.3) is 0 Å². The first-order valence-corrected chi connectivity index (χ1v) is 6.61. The second-order valence-corrected chi connectivity index (χ2v) is 4.88. The zero-order valence-corrected chi connectivity index (χ0v) is 10.8. The van der Waals surface area contributed by atoms with Crippen LogP contribution in [0.15, 0.2) is 0 Å². The van der Waals surface area contributed by atoms with Gasteiger partial charge in [0, 0.05) is 19.6 Å². The minimum absolute atomic E-state index is 0.113. The summed E-state index contributed by atoms with van der Waals surface area (Å²) >= 11 is 0. The summed E-state index contributed by atoms with van der Waals surface area (Å²) in [4.78, 5) is 24.4. The molecule has 0 radical (unpaired) electrons. The van der Waals surface area contributed by atoms with Gasteiger partial charge in [-0.2, -0.15) is 0 Å². The van der Waals surface area contributed by atoms with E-state index in [0.29, 0.717) is 39.3 Å². The van der Waals surface area contributed by atoms with E-state index in [0.717, 1.165) is 6.42 Å². The number of ether oxygens (including phenoxy) is 2. The Morgan fingerprint density at radius 2 is 2.21 bits per heavy atom. The van der Waals surface area contributed by atoms with E-state index in [4.69, 9.17) is 14.6 Å². The number of hydrogen-bond donors (Lipinski definition) is 2. The summed E-state index contributed by atoms with van der Waals surface area (Å²) < 4.78 is 10.7. The number of hydrogen-bond acceptors (Lipinski definition) is 4. The van der Waals surface area contributed by atoms with Crippen LogP contribution >= 0.6 is 0 Å². The number of likely N-dealkylation sites (tertiary alicyclic amines) is 1. The maximum absolute atomic E-state index is 11.9. The summed E-state index contributed by atoms with van der Waals surface area (Å²) in [5.74, 6) is -1.28. The van der Waals surface area contributed by atoms with Gasteiger partial charge in [0.2, 0.25) is 0 Å². The molecule has 0 aromatic carbocycles. The van der Waals surface area contributed by atoms with Gasteiger partial charge in [-0.3, -0.25) is 4.79 Å². The number of rotatable bonds is 3. The van der Waals surface area contributed by atoms with Crippen molar-refractivity contribution < 1.29 is 24.2 Å².